The molecule has 1 heterocycles. The standard InChI is InChI=1S/C23H30N4O5S/c1-16(6-5-11-26(2)15-28)24-23(29)20-12-17-14-27(25-21(17)13-22(20)31-3)18-7-9-19(10-8-18)32-33(4)30/h5-6,11-15,18-19H,7-10H2,1-4H3,(H,24,29)/b11-5-,16-6+. The van der Waals surface area contributed by atoms with Gasteiger partial charge in [-0.1, -0.05) is 0 Å². The first-order valence-corrected chi connectivity index (χ1v) is 12.2. The number of ether oxygens (including phenoxy) is 1. The van der Waals surface area contributed by atoms with Crippen LogP contribution in [-0.4, -0.2) is 57.7 Å². The van der Waals surface area contributed by atoms with E-state index in [0.717, 1.165) is 36.6 Å². The molecular weight excluding hydrogens is 444 g/mol. The van der Waals surface area contributed by atoms with Gasteiger partial charge in [-0.25, -0.2) is 4.21 Å². The van der Waals surface area contributed by atoms with Gasteiger partial charge in [0.2, 0.25) is 6.41 Å². The number of allylic oxidation sites excluding steroid dienone is 3. The van der Waals surface area contributed by atoms with Crippen molar-refractivity contribution < 1.29 is 22.7 Å². The number of aromatic nitrogens is 2. The molecule has 178 valence electrons. The van der Waals surface area contributed by atoms with Gasteiger partial charge < -0.3 is 15.0 Å². The number of amides is 2. The molecule has 2 aromatic rings. The van der Waals surface area contributed by atoms with E-state index in [1.54, 1.807) is 50.7 Å². The number of fused-ring (bicyclic) bond motifs is 1. The fraction of sp³-hybridized carbons (Fsp3) is 0.435. The summed E-state index contributed by atoms with van der Waals surface area (Å²) >= 11 is -1.25. The molecule has 1 aliphatic carbocycles. The molecule has 1 aromatic carbocycles. The van der Waals surface area contributed by atoms with Crippen molar-refractivity contribution in [3.05, 3.63) is 47.9 Å². The smallest absolute Gasteiger partial charge is 0.259 e. The minimum Gasteiger partial charge on any atom is -0.496 e. The van der Waals surface area contributed by atoms with Crippen LogP contribution >= 0.6 is 0 Å². The molecule has 1 unspecified atom stereocenters. The molecule has 33 heavy (non-hydrogen) atoms. The van der Waals surface area contributed by atoms with Crippen LogP contribution < -0.4 is 10.1 Å². The second-order valence-corrected chi connectivity index (χ2v) is 9.06. The second kappa shape index (κ2) is 11.2. The lowest BCUT2D eigenvalue weighted by molar-refractivity contribution is -0.114. The van der Waals surface area contributed by atoms with Gasteiger partial charge in [-0.15, -0.1) is 0 Å². The van der Waals surface area contributed by atoms with E-state index in [2.05, 4.69) is 5.32 Å². The number of methoxy groups -OCH3 is 1. The van der Waals surface area contributed by atoms with E-state index in [9.17, 15) is 13.8 Å². The maximum absolute atomic E-state index is 12.9. The third kappa shape index (κ3) is 6.52. The lowest BCUT2D eigenvalue weighted by Crippen LogP contribution is -2.24. The van der Waals surface area contributed by atoms with Gasteiger partial charge >= 0.3 is 0 Å². The molecule has 9 nitrogen and oxygen atoms in total. The van der Waals surface area contributed by atoms with Crippen molar-refractivity contribution >= 4 is 34.3 Å². The van der Waals surface area contributed by atoms with Crippen LogP contribution in [0.4, 0.5) is 0 Å². The monoisotopic (exact) mass is 474 g/mol. The molecule has 1 atom stereocenters. The summed E-state index contributed by atoms with van der Waals surface area (Å²) < 4.78 is 24.1. The minimum atomic E-state index is -1.25. The van der Waals surface area contributed by atoms with Crippen molar-refractivity contribution in [3.63, 3.8) is 0 Å². The molecule has 0 spiro atoms. The van der Waals surface area contributed by atoms with Gasteiger partial charge in [-0.05, 0) is 50.8 Å². The number of hydrogen-bond acceptors (Lipinski definition) is 6. The minimum absolute atomic E-state index is 0.0254. The number of nitrogens with zero attached hydrogens (tertiary/aromatic N) is 3. The Bertz CT molecular complexity index is 1090. The second-order valence-electron chi connectivity index (χ2n) is 8.06. The fourth-order valence-electron chi connectivity index (χ4n) is 3.85. The van der Waals surface area contributed by atoms with Crippen LogP contribution in [0.3, 0.4) is 0 Å². The Labute approximate surface area is 196 Å². The molecule has 0 bridgehead atoms. The Morgan fingerprint density at radius 1 is 1.30 bits per heavy atom. The number of rotatable bonds is 9. The van der Waals surface area contributed by atoms with E-state index in [0.29, 0.717) is 23.4 Å². The number of carbonyl (C=O) groups excluding carboxylic acids is 2. The number of carbonyl (C=O) groups is 2. The number of hydrogen-bond donors (Lipinski definition) is 1. The Hall–Kier alpha value is -2.98. The summed E-state index contributed by atoms with van der Waals surface area (Å²) in [5.41, 5.74) is 1.79. The van der Waals surface area contributed by atoms with Crippen molar-refractivity contribution in [3.8, 4) is 5.75 Å². The highest BCUT2D eigenvalue weighted by Crippen LogP contribution is 2.32. The highest BCUT2D eigenvalue weighted by Gasteiger charge is 2.25. The average Bonchev–Trinajstić information content (AvgIpc) is 3.21. The van der Waals surface area contributed by atoms with Gasteiger partial charge in [0.15, 0.2) is 11.1 Å². The number of nitrogens with one attached hydrogen (secondary N) is 1. The lowest BCUT2D eigenvalue weighted by atomic mass is 9.93. The molecule has 0 aliphatic heterocycles. The summed E-state index contributed by atoms with van der Waals surface area (Å²) in [6.07, 6.45) is 12.6. The zero-order valence-corrected chi connectivity index (χ0v) is 20.1. The van der Waals surface area contributed by atoms with Crippen molar-refractivity contribution in [2.75, 3.05) is 20.4 Å². The fourth-order valence-corrected chi connectivity index (χ4v) is 4.42. The van der Waals surface area contributed by atoms with E-state index >= 15 is 0 Å². The molecule has 10 heteroatoms. The summed E-state index contributed by atoms with van der Waals surface area (Å²) in [4.78, 5) is 24.9. The first-order valence-electron chi connectivity index (χ1n) is 10.7. The van der Waals surface area contributed by atoms with Gasteiger partial charge in [0, 0.05) is 42.8 Å². The lowest BCUT2D eigenvalue weighted by Gasteiger charge is -2.27. The van der Waals surface area contributed by atoms with Gasteiger partial charge in [-0.3, -0.25) is 18.5 Å². The molecule has 1 aromatic heterocycles. The van der Waals surface area contributed by atoms with Crippen molar-refractivity contribution in [1.82, 2.24) is 20.0 Å². The van der Waals surface area contributed by atoms with Crippen LogP contribution in [0.5, 0.6) is 5.75 Å². The van der Waals surface area contributed by atoms with Gasteiger partial charge in [0.05, 0.1) is 30.3 Å². The summed E-state index contributed by atoms with van der Waals surface area (Å²) in [5, 5.41) is 8.39. The highest BCUT2D eigenvalue weighted by molar-refractivity contribution is 7.79. The van der Waals surface area contributed by atoms with E-state index in [1.165, 1.54) is 12.0 Å². The molecule has 1 saturated carbocycles. The Kier molecular flexibility index (Phi) is 8.40. The van der Waals surface area contributed by atoms with Crippen molar-refractivity contribution in [2.45, 2.75) is 44.8 Å². The quantitative estimate of drug-likeness (QED) is 0.443. The summed E-state index contributed by atoms with van der Waals surface area (Å²) in [7, 11) is 3.15. The molecule has 1 fully saturated rings. The van der Waals surface area contributed by atoms with E-state index in [4.69, 9.17) is 14.0 Å². The van der Waals surface area contributed by atoms with E-state index in [1.807, 2.05) is 10.9 Å². The average molecular weight is 475 g/mol. The molecule has 3 rings (SSSR count). The van der Waals surface area contributed by atoms with Crippen LogP contribution in [0.1, 0.15) is 49.0 Å². The van der Waals surface area contributed by atoms with Crippen LogP contribution in [0.25, 0.3) is 10.9 Å². The summed E-state index contributed by atoms with van der Waals surface area (Å²) in [5.74, 6) is 0.148. The van der Waals surface area contributed by atoms with Crippen LogP contribution in [-0.2, 0) is 20.1 Å². The Morgan fingerprint density at radius 2 is 2.03 bits per heavy atom. The van der Waals surface area contributed by atoms with Gasteiger partial charge in [0.25, 0.3) is 5.91 Å². The number of benzene rings is 1. The third-order valence-electron chi connectivity index (χ3n) is 5.52. The molecule has 0 radical (unpaired) electrons. The first-order chi connectivity index (χ1) is 15.8. The molecular formula is C23H30N4O5S. The highest BCUT2D eigenvalue weighted by atomic mass is 32.2. The molecule has 1 aliphatic rings. The maximum Gasteiger partial charge on any atom is 0.259 e. The molecule has 0 saturated heterocycles. The van der Waals surface area contributed by atoms with Crippen LogP contribution in [0, 0.1) is 0 Å². The summed E-state index contributed by atoms with van der Waals surface area (Å²) in [6.45, 7) is 1.76. The van der Waals surface area contributed by atoms with Crippen LogP contribution in [0.15, 0.2) is 42.4 Å². The zero-order valence-electron chi connectivity index (χ0n) is 19.3. The maximum atomic E-state index is 12.9. The molecule has 2 amide bonds. The van der Waals surface area contributed by atoms with Gasteiger partial charge in [0.1, 0.15) is 5.75 Å². The third-order valence-corrected chi connectivity index (χ3v) is 6.06. The predicted octanol–water partition coefficient (Wildman–Crippen LogP) is 3.07. The SMILES string of the molecule is COc1cc2nn(C3CCC(OS(C)=O)CC3)cc2cc1C(=O)N/C(C)=C/C=C\N(C)C=O. The van der Waals surface area contributed by atoms with Crippen molar-refractivity contribution in [1.29, 1.82) is 0 Å². The van der Waals surface area contributed by atoms with Crippen LogP contribution in [0.2, 0.25) is 0 Å². The van der Waals surface area contributed by atoms with Gasteiger partial charge in [-0.2, -0.15) is 5.10 Å². The largest absolute Gasteiger partial charge is 0.496 e. The van der Waals surface area contributed by atoms with Crippen molar-refractivity contribution in [2.24, 2.45) is 0 Å². The zero-order chi connectivity index (χ0) is 24.0. The Balaban J connectivity index is 1.75. The molecule has 1 N–H and O–H groups in total. The summed E-state index contributed by atoms with van der Waals surface area (Å²) in [6, 6.07) is 3.78. The normalized spacial score (nSPS) is 20.1. The van der Waals surface area contributed by atoms with E-state index < -0.39 is 11.1 Å². The Morgan fingerprint density at radius 3 is 2.67 bits per heavy atom. The van der Waals surface area contributed by atoms with E-state index in [-0.39, 0.29) is 18.1 Å². The topological polar surface area (TPSA) is 103 Å². The first kappa shape index (κ1) is 24.7. The predicted molar refractivity (Wildman–Crippen MR) is 127 cm³/mol.